The SMILES string of the molecule is O=C(O)c1cccc(NC(=O)C(Sc2cccc(NC(=O)c3ccco3)c2)c2ccccc2)c1. The molecule has 8 heteroatoms. The quantitative estimate of drug-likeness (QED) is 0.284. The maximum Gasteiger partial charge on any atom is 0.335 e. The van der Waals surface area contributed by atoms with Gasteiger partial charge in [-0.2, -0.15) is 0 Å². The second-order valence-corrected chi connectivity index (χ2v) is 8.42. The molecule has 7 nitrogen and oxygen atoms in total. The summed E-state index contributed by atoms with van der Waals surface area (Å²) in [6.07, 6.45) is 1.43. The van der Waals surface area contributed by atoms with E-state index in [-0.39, 0.29) is 23.1 Å². The smallest absolute Gasteiger partial charge is 0.335 e. The van der Waals surface area contributed by atoms with Crippen molar-refractivity contribution in [1.82, 2.24) is 0 Å². The van der Waals surface area contributed by atoms with E-state index in [0.29, 0.717) is 11.4 Å². The Kier molecular flexibility index (Phi) is 7.10. The number of aromatic carboxylic acids is 1. The van der Waals surface area contributed by atoms with Gasteiger partial charge in [-0.25, -0.2) is 4.79 Å². The Labute approximate surface area is 199 Å². The zero-order valence-corrected chi connectivity index (χ0v) is 18.6. The maximum atomic E-state index is 13.3. The molecule has 0 aliphatic rings. The number of rotatable bonds is 8. The lowest BCUT2D eigenvalue weighted by Crippen LogP contribution is -2.19. The number of carboxylic acids is 1. The van der Waals surface area contributed by atoms with Gasteiger partial charge in [0.05, 0.1) is 11.8 Å². The van der Waals surface area contributed by atoms with Crippen molar-refractivity contribution in [2.75, 3.05) is 10.6 Å². The molecule has 3 aromatic carbocycles. The summed E-state index contributed by atoms with van der Waals surface area (Å²) in [6, 6.07) is 25.7. The first-order valence-corrected chi connectivity index (χ1v) is 11.2. The van der Waals surface area contributed by atoms with E-state index < -0.39 is 11.2 Å². The van der Waals surface area contributed by atoms with Crippen molar-refractivity contribution in [2.45, 2.75) is 10.1 Å². The highest BCUT2D eigenvalue weighted by Crippen LogP contribution is 2.37. The fraction of sp³-hybridized carbons (Fsp3) is 0.0385. The first kappa shape index (κ1) is 22.9. The van der Waals surface area contributed by atoms with E-state index in [1.807, 2.05) is 36.4 Å². The monoisotopic (exact) mass is 472 g/mol. The topological polar surface area (TPSA) is 109 Å². The van der Waals surface area contributed by atoms with Crippen LogP contribution in [0.3, 0.4) is 0 Å². The lowest BCUT2D eigenvalue weighted by molar-refractivity contribution is -0.115. The molecule has 0 fully saturated rings. The number of thioether (sulfide) groups is 1. The summed E-state index contributed by atoms with van der Waals surface area (Å²) < 4.78 is 5.12. The van der Waals surface area contributed by atoms with E-state index in [2.05, 4.69) is 10.6 Å². The third-order valence-corrected chi connectivity index (χ3v) is 6.06. The van der Waals surface area contributed by atoms with Gasteiger partial charge in [-0.1, -0.05) is 42.5 Å². The molecule has 0 spiro atoms. The summed E-state index contributed by atoms with van der Waals surface area (Å²) in [7, 11) is 0. The molecule has 0 saturated heterocycles. The largest absolute Gasteiger partial charge is 0.478 e. The average Bonchev–Trinajstić information content (AvgIpc) is 3.39. The third-order valence-electron chi connectivity index (χ3n) is 4.81. The number of anilines is 2. The fourth-order valence-corrected chi connectivity index (χ4v) is 4.31. The van der Waals surface area contributed by atoms with Crippen molar-refractivity contribution in [3.63, 3.8) is 0 Å². The highest BCUT2D eigenvalue weighted by atomic mass is 32.2. The molecular weight excluding hydrogens is 452 g/mol. The van der Waals surface area contributed by atoms with Crippen LogP contribution in [0.25, 0.3) is 0 Å². The molecule has 170 valence electrons. The Morgan fingerprint density at radius 3 is 2.24 bits per heavy atom. The second-order valence-electron chi connectivity index (χ2n) is 7.24. The van der Waals surface area contributed by atoms with Gasteiger partial charge in [-0.05, 0) is 54.1 Å². The van der Waals surface area contributed by atoms with Crippen LogP contribution >= 0.6 is 11.8 Å². The molecule has 34 heavy (non-hydrogen) atoms. The summed E-state index contributed by atoms with van der Waals surface area (Å²) in [4.78, 5) is 37.6. The van der Waals surface area contributed by atoms with E-state index in [9.17, 15) is 19.5 Å². The van der Waals surface area contributed by atoms with Gasteiger partial charge < -0.3 is 20.2 Å². The molecule has 0 aliphatic carbocycles. The zero-order chi connectivity index (χ0) is 23.9. The molecule has 1 unspecified atom stereocenters. The highest BCUT2D eigenvalue weighted by molar-refractivity contribution is 8.00. The van der Waals surface area contributed by atoms with Crippen molar-refractivity contribution < 1.29 is 23.9 Å². The van der Waals surface area contributed by atoms with Gasteiger partial charge in [-0.3, -0.25) is 9.59 Å². The standard InChI is InChI=1S/C26H20N2O5S/c29-24(22-13-6-14-33-22)27-20-11-5-12-21(16-20)34-23(17-7-2-1-3-8-17)25(30)28-19-10-4-9-18(15-19)26(31)32/h1-16,23H,(H,27,29)(H,28,30)(H,31,32). The first-order chi connectivity index (χ1) is 16.5. The predicted octanol–water partition coefficient (Wildman–Crippen LogP) is 5.70. The molecule has 0 radical (unpaired) electrons. The second kappa shape index (κ2) is 10.5. The summed E-state index contributed by atoms with van der Waals surface area (Å²) in [5, 5.41) is 14.2. The van der Waals surface area contributed by atoms with Gasteiger partial charge >= 0.3 is 5.97 Å². The molecule has 1 aromatic heterocycles. The molecule has 0 saturated carbocycles. The minimum absolute atomic E-state index is 0.0849. The number of carboxylic acid groups (broad SMARTS) is 1. The Bertz CT molecular complexity index is 1310. The van der Waals surface area contributed by atoms with Crippen LogP contribution in [0.5, 0.6) is 0 Å². The third kappa shape index (κ3) is 5.73. The van der Waals surface area contributed by atoms with Crippen LogP contribution in [0, 0.1) is 0 Å². The van der Waals surface area contributed by atoms with Crippen molar-refractivity contribution >= 4 is 40.9 Å². The van der Waals surface area contributed by atoms with Gasteiger partial charge in [0.2, 0.25) is 5.91 Å². The molecule has 1 heterocycles. The van der Waals surface area contributed by atoms with Crippen LogP contribution in [0.2, 0.25) is 0 Å². The zero-order valence-electron chi connectivity index (χ0n) is 17.8. The normalized spacial score (nSPS) is 11.4. The summed E-state index contributed by atoms with van der Waals surface area (Å²) in [5.74, 6) is -1.55. The average molecular weight is 473 g/mol. The lowest BCUT2D eigenvalue weighted by Gasteiger charge is -2.18. The van der Waals surface area contributed by atoms with Crippen molar-refractivity contribution in [3.8, 4) is 0 Å². The Morgan fingerprint density at radius 1 is 0.794 bits per heavy atom. The van der Waals surface area contributed by atoms with Crippen LogP contribution in [-0.4, -0.2) is 22.9 Å². The van der Waals surface area contributed by atoms with Crippen molar-refractivity contribution in [3.05, 3.63) is 114 Å². The van der Waals surface area contributed by atoms with Crippen LogP contribution in [0.15, 0.2) is 107 Å². The first-order valence-electron chi connectivity index (χ1n) is 10.3. The molecule has 3 N–H and O–H groups in total. The number of amides is 2. The number of nitrogens with one attached hydrogen (secondary N) is 2. The Balaban J connectivity index is 1.55. The molecule has 4 aromatic rings. The molecule has 1 atom stereocenters. The summed E-state index contributed by atoms with van der Waals surface area (Å²) >= 11 is 1.32. The molecular formula is C26H20N2O5S. The van der Waals surface area contributed by atoms with Gasteiger partial charge in [-0.15, -0.1) is 11.8 Å². The summed E-state index contributed by atoms with van der Waals surface area (Å²) in [6.45, 7) is 0. The van der Waals surface area contributed by atoms with Gasteiger partial charge in [0, 0.05) is 16.3 Å². The van der Waals surface area contributed by atoms with Gasteiger partial charge in [0.25, 0.3) is 5.91 Å². The highest BCUT2D eigenvalue weighted by Gasteiger charge is 2.23. The van der Waals surface area contributed by atoms with Crippen LogP contribution in [0.4, 0.5) is 11.4 Å². The lowest BCUT2D eigenvalue weighted by atomic mass is 10.1. The fourth-order valence-electron chi connectivity index (χ4n) is 3.22. The predicted molar refractivity (Wildman–Crippen MR) is 130 cm³/mol. The van der Waals surface area contributed by atoms with E-state index in [1.54, 1.807) is 42.5 Å². The van der Waals surface area contributed by atoms with Crippen LogP contribution < -0.4 is 10.6 Å². The van der Waals surface area contributed by atoms with E-state index in [0.717, 1.165) is 10.5 Å². The van der Waals surface area contributed by atoms with E-state index in [1.165, 1.54) is 30.2 Å². The molecule has 0 aliphatic heterocycles. The number of benzene rings is 3. The number of carbonyl (C=O) groups is 3. The number of hydrogen-bond donors (Lipinski definition) is 3. The Hall–Kier alpha value is -4.30. The summed E-state index contributed by atoms with van der Waals surface area (Å²) in [5.41, 5.74) is 1.82. The van der Waals surface area contributed by atoms with Gasteiger partial charge in [0.1, 0.15) is 5.25 Å². The number of carbonyl (C=O) groups excluding carboxylic acids is 2. The van der Waals surface area contributed by atoms with Crippen molar-refractivity contribution in [1.29, 1.82) is 0 Å². The van der Waals surface area contributed by atoms with Crippen LogP contribution in [-0.2, 0) is 4.79 Å². The molecule has 2 amide bonds. The van der Waals surface area contributed by atoms with Crippen LogP contribution in [0.1, 0.15) is 31.7 Å². The number of furan rings is 1. The minimum Gasteiger partial charge on any atom is -0.478 e. The molecule has 4 rings (SSSR count). The van der Waals surface area contributed by atoms with E-state index in [4.69, 9.17) is 4.42 Å². The molecule has 0 bridgehead atoms. The number of hydrogen-bond acceptors (Lipinski definition) is 5. The maximum absolute atomic E-state index is 13.3. The minimum atomic E-state index is -1.07. The van der Waals surface area contributed by atoms with Gasteiger partial charge in [0.15, 0.2) is 5.76 Å². The van der Waals surface area contributed by atoms with E-state index >= 15 is 0 Å². The van der Waals surface area contributed by atoms with Crippen molar-refractivity contribution in [2.24, 2.45) is 0 Å². The Morgan fingerprint density at radius 2 is 1.53 bits per heavy atom.